The van der Waals surface area contributed by atoms with Crippen LogP contribution in [0.3, 0.4) is 0 Å². The molecule has 3 aromatic rings. The molecular formula is C29H31Cl2N3O6S. The summed E-state index contributed by atoms with van der Waals surface area (Å²) in [6.45, 7) is 0.225. The summed E-state index contributed by atoms with van der Waals surface area (Å²) in [7, 11) is -2.14. The minimum absolute atomic E-state index is 0.000176. The van der Waals surface area contributed by atoms with Gasteiger partial charge in [0.1, 0.15) is 6.04 Å². The Morgan fingerprint density at radius 2 is 1.68 bits per heavy atom. The SMILES string of the molecule is CNC(=O)C(Cc1ccccc1)N(Cc1ccc(Cl)c(Cl)c1)C(=O)CCCN(c1ccc2c(c1)OCO2)S(C)(=O)=O. The van der Waals surface area contributed by atoms with Gasteiger partial charge in [-0.05, 0) is 41.8 Å². The second-order valence-corrected chi connectivity index (χ2v) is 12.3. The fraction of sp³-hybridized carbons (Fsp3) is 0.310. The summed E-state index contributed by atoms with van der Waals surface area (Å²) >= 11 is 12.3. The Morgan fingerprint density at radius 1 is 0.951 bits per heavy atom. The van der Waals surface area contributed by atoms with Crippen molar-refractivity contribution in [1.82, 2.24) is 10.2 Å². The summed E-state index contributed by atoms with van der Waals surface area (Å²) in [5.41, 5.74) is 2.00. The zero-order chi connectivity index (χ0) is 29.6. The molecule has 12 heteroatoms. The minimum Gasteiger partial charge on any atom is -0.454 e. The van der Waals surface area contributed by atoms with Crippen molar-refractivity contribution in [2.75, 3.05) is 30.9 Å². The number of rotatable bonds is 12. The lowest BCUT2D eigenvalue weighted by atomic mass is 10.0. The van der Waals surface area contributed by atoms with E-state index in [1.54, 1.807) is 36.4 Å². The molecule has 0 spiro atoms. The van der Waals surface area contributed by atoms with Crippen LogP contribution in [0.2, 0.25) is 10.0 Å². The van der Waals surface area contributed by atoms with E-state index in [1.165, 1.54) is 16.3 Å². The molecule has 4 rings (SSSR count). The van der Waals surface area contributed by atoms with Crippen molar-refractivity contribution in [1.29, 1.82) is 0 Å². The number of anilines is 1. The molecular weight excluding hydrogens is 589 g/mol. The van der Waals surface area contributed by atoms with Gasteiger partial charge in [0.05, 0.1) is 22.0 Å². The summed E-state index contributed by atoms with van der Waals surface area (Å²) < 4.78 is 37.3. The van der Waals surface area contributed by atoms with E-state index in [4.69, 9.17) is 32.7 Å². The number of nitrogens with zero attached hydrogens (tertiary/aromatic N) is 2. The molecule has 0 bridgehead atoms. The molecule has 0 aliphatic carbocycles. The molecule has 3 aromatic carbocycles. The molecule has 2 amide bonds. The number of carbonyl (C=O) groups is 2. The van der Waals surface area contributed by atoms with Gasteiger partial charge >= 0.3 is 0 Å². The molecule has 0 aromatic heterocycles. The number of ether oxygens (including phenoxy) is 2. The van der Waals surface area contributed by atoms with E-state index in [1.807, 2.05) is 30.3 Å². The lowest BCUT2D eigenvalue weighted by molar-refractivity contribution is -0.141. The summed E-state index contributed by atoms with van der Waals surface area (Å²) in [5.74, 6) is 0.364. The van der Waals surface area contributed by atoms with E-state index in [-0.39, 0.29) is 44.5 Å². The van der Waals surface area contributed by atoms with Gasteiger partial charge in [-0.15, -0.1) is 0 Å². The van der Waals surface area contributed by atoms with Crippen molar-refractivity contribution in [2.24, 2.45) is 0 Å². The lowest BCUT2D eigenvalue weighted by Gasteiger charge is -2.31. The molecule has 0 saturated carbocycles. The molecule has 0 saturated heterocycles. The highest BCUT2D eigenvalue weighted by atomic mass is 35.5. The van der Waals surface area contributed by atoms with Crippen LogP contribution in [-0.4, -0.2) is 57.8 Å². The maximum absolute atomic E-state index is 13.8. The zero-order valence-corrected chi connectivity index (χ0v) is 25.0. The van der Waals surface area contributed by atoms with Crippen molar-refractivity contribution in [3.8, 4) is 11.5 Å². The highest BCUT2D eigenvalue weighted by molar-refractivity contribution is 7.92. The molecule has 1 heterocycles. The average Bonchev–Trinajstić information content (AvgIpc) is 3.42. The second kappa shape index (κ2) is 13.5. The number of hydrogen-bond acceptors (Lipinski definition) is 6. The van der Waals surface area contributed by atoms with Gasteiger partial charge in [-0.1, -0.05) is 59.6 Å². The maximum Gasteiger partial charge on any atom is 0.242 e. The average molecular weight is 621 g/mol. The van der Waals surface area contributed by atoms with E-state index in [9.17, 15) is 18.0 Å². The van der Waals surface area contributed by atoms with Gasteiger partial charge in [-0.25, -0.2) is 8.42 Å². The van der Waals surface area contributed by atoms with Gasteiger partial charge in [0.2, 0.25) is 28.6 Å². The Kier molecular flexibility index (Phi) is 10.0. The highest BCUT2D eigenvalue weighted by Crippen LogP contribution is 2.36. The first-order valence-corrected chi connectivity index (χ1v) is 15.5. The van der Waals surface area contributed by atoms with Crippen molar-refractivity contribution in [3.63, 3.8) is 0 Å². The molecule has 9 nitrogen and oxygen atoms in total. The minimum atomic E-state index is -3.66. The van der Waals surface area contributed by atoms with E-state index < -0.39 is 16.1 Å². The first-order valence-electron chi connectivity index (χ1n) is 12.9. The summed E-state index contributed by atoms with van der Waals surface area (Å²) in [5, 5.41) is 3.39. The monoisotopic (exact) mass is 619 g/mol. The van der Waals surface area contributed by atoms with Crippen LogP contribution in [0.5, 0.6) is 11.5 Å². The quantitative estimate of drug-likeness (QED) is 0.316. The Hall–Kier alpha value is -3.47. The van der Waals surface area contributed by atoms with Crippen molar-refractivity contribution >= 4 is 50.7 Å². The Labute approximate surface area is 250 Å². The van der Waals surface area contributed by atoms with Gasteiger partial charge in [-0.3, -0.25) is 13.9 Å². The van der Waals surface area contributed by atoms with Gasteiger partial charge in [0.15, 0.2) is 11.5 Å². The third-order valence-electron chi connectivity index (χ3n) is 6.65. The molecule has 1 aliphatic heterocycles. The number of nitrogens with one attached hydrogen (secondary N) is 1. The van der Waals surface area contributed by atoms with Crippen LogP contribution in [0.25, 0.3) is 0 Å². The van der Waals surface area contributed by atoms with Gasteiger partial charge < -0.3 is 19.7 Å². The molecule has 1 N–H and O–H groups in total. The topological polar surface area (TPSA) is 105 Å². The van der Waals surface area contributed by atoms with Crippen molar-refractivity contribution in [3.05, 3.63) is 87.9 Å². The predicted octanol–water partition coefficient (Wildman–Crippen LogP) is 4.65. The van der Waals surface area contributed by atoms with Crippen molar-refractivity contribution < 1.29 is 27.5 Å². The Morgan fingerprint density at radius 3 is 2.37 bits per heavy atom. The zero-order valence-electron chi connectivity index (χ0n) is 22.7. The Balaban J connectivity index is 1.56. The van der Waals surface area contributed by atoms with E-state index >= 15 is 0 Å². The number of hydrogen-bond donors (Lipinski definition) is 1. The fourth-order valence-corrected chi connectivity index (χ4v) is 5.88. The molecule has 0 radical (unpaired) electrons. The van der Waals surface area contributed by atoms with E-state index in [2.05, 4.69) is 5.32 Å². The molecule has 41 heavy (non-hydrogen) atoms. The second-order valence-electron chi connectivity index (χ2n) is 9.57. The normalized spacial score (nSPS) is 13.0. The lowest BCUT2D eigenvalue weighted by Crippen LogP contribution is -2.49. The number of fused-ring (bicyclic) bond motifs is 1. The Bertz CT molecular complexity index is 1500. The van der Waals surface area contributed by atoms with E-state index in [0.717, 1.165) is 11.8 Å². The van der Waals surface area contributed by atoms with Gasteiger partial charge in [-0.2, -0.15) is 0 Å². The summed E-state index contributed by atoms with van der Waals surface area (Å²) in [4.78, 5) is 28.4. The summed E-state index contributed by atoms with van der Waals surface area (Å²) in [6.07, 6.45) is 1.61. The van der Waals surface area contributed by atoms with Gasteiger partial charge in [0, 0.05) is 39.0 Å². The van der Waals surface area contributed by atoms with Crippen molar-refractivity contribution in [2.45, 2.75) is 31.8 Å². The number of carbonyl (C=O) groups excluding carboxylic acids is 2. The number of amides is 2. The molecule has 1 aliphatic rings. The molecule has 1 unspecified atom stereocenters. The maximum atomic E-state index is 13.8. The molecule has 0 fully saturated rings. The van der Waals surface area contributed by atoms with Crippen LogP contribution < -0.4 is 19.1 Å². The summed E-state index contributed by atoms with van der Waals surface area (Å²) in [6, 6.07) is 18.5. The molecule has 218 valence electrons. The fourth-order valence-electron chi connectivity index (χ4n) is 4.60. The first-order chi connectivity index (χ1) is 19.6. The standard InChI is InChI=1S/C29H31Cl2N3O6S/c1-32-29(36)25(16-20-7-4-3-5-8-20)33(18-21-10-12-23(30)24(31)15-21)28(35)9-6-14-34(41(2,37)38)22-11-13-26-27(17-22)40-19-39-26/h3-5,7-8,10-13,15,17,25H,6,9,14,16,18-19H2,1-2H3,(H,32,36). The highest BCUT2D eigenvalue weighted by Gasteiger charge is 2.30. The van der Waals surface area contributed by atoms with Crippen LogP contribution in [0.15, 0.2) is 66.7 Å². The predicted molar refractivity (Wildman–Crippen MR) is 159 cm³/mol. The van der Waals surface area contributed by atoms with Crippen LogP contribution in [-0.2, 0) is 32.6 Å². The number of sulfonamides is 1. The largest absolute Gasteiger partial charge is 0.454 e. The van der Waals surface area contributed by atoms with Crippen LogP contribution in [0.1, 0.15) is 24.0 Å². The first kappa shape index (κ1) is 30.5. The van der Waals surface area contributed by atoms with Gasteiger partial charge in [0.25, 0.3) is 0 Å². The third kappa shape index (κ3) is 7.84. The number of benzene rings is 3. The third-order valence-corrected chi connectivity index (χ3v) is 8.58. The van der Waals surface area contributed by atoms with E-state index in [0.29, 0.717) is 39.2 Å². The number of likely N-dealkylation sites (N-methyl/N-ethyl adjacent to an activating group) is 1. The van der Waals surface area contributed by atoms with Crippen LogP contribution >= 0.6 is 23.2 Å². The molecule has 1 atom stereocenters. The van der Waals surface area contributed by atoms with Crippen LogP contribution in [0.4, 0.5) is 5.69 Å². The van der Waals surface area contributed by atoms with Crippen LogP contribution in [0, 0.1) is 0 Å². The smallest absolute Gasteiger partial charge is 0.242 e. The number of halogens is 2.